The summed E-state index contributed by atoms with van der Waals surface area (Å²) in [5.41, 5.74) is 5.77. The van der Waals surface area contributed by atoms with Crippen molar-refractivity contribution in [2.24, 2.45) is 0 Å². The molecule has 1 aliphatic heterocycles. The maximum Gasteiger partial charge on any atom is 0.255 e. The van der Waals surface area contributed by atoms with Gasteiger partial charge in [-0.15, -0.1) is 0 Å². The van der Waals surface area contributed by atoms with Gasteiger partial charge in [0.15, 0.2) is 0 Å². The lowest BCUT2D eigenvalue weighted by Gasteiger charge is -2.28. The minimum absolute atomic E-state index is 0.0740. The van der Waals surface area contributed by atoms with Gasteiger partial charge in [0.1, 0.15) is 13.1 Å². The van der Waals surface area contributed by atoms with Crippen LogP contribution < -0.4 is 5.32 Å². The molecule has 0 spiro atoms. The highest BCUT2D eigenvalue weighted by Gasteiger charge is 2.29. The Bertz CT molecular complexity index is 617. The van der Waals surface area contributed by atoms with Crippen molar-refractivity contribution in [2.75, 3.05) is 13.1 Å². The van der Waals surface area contributed by atoms with Crippen LogP contribution in [0.25, 0.3) is 0 Å². The van der Waals surface area contributed by atoms with Crippen LogP contribution in [-0.2, 0) is 9.59 Å². The second-order valence-corrected chi connectivity index (χ2v) is 5.63. The Labute approximate surface area is 124 Å². The Morgan fingerprint density at radius 2 is 1.19 bits per heavy atom. The van der Waals surface area contributed by atoms with Crippen LogP contribution in [0.15, 0.2) is 0 Å². The first-order chi connectivity index (χ1) is 9.73. The molecule has 1 aromatic rings. The number of hydrogen-bond acceptors (Lipinski definition) is 3. The molecule has 112 valence electrons. The van der Waals surface area contributed by atoms with Gasteiger partial charge in [0.25, 0.3) is 5.91 Å². The van der Waals surface area contributed by atoms with Crippen molar-refractivity contribution in [1.82, 2.24) is 10.2 Å². The van der Waals surface area contributed by atoms with Gasteiger partial charge >= 0.3 is 0 Å². The van der Waals surface area contributed by atoms with E-state index in [9.17, 15) is 14.4 Å². The summed E-state index contributed by atoms with van der Waals surface area (Å²) in [6.45, 7) is 9.69. The SMILES string of the molecule is Cc1c(C)c(C)c(C(=O)N2CC(=O)NC(=O)C2)c(C)c1C. The van der Waals surface area contributed by atoms with Gasteiger partial charge in [-0.1, -0.05) is 0 Å². The van der Waals surface area contributed by atoms with Gasteiger partial charge < -0.3 is 4.90 Å². The molecule has 0 bridgehead atoms. The summed E-state index contributed by atoms with van der Waals surface area (Å²) in [6.07, 6.45) is 0. The lowest BCUT2D eigenvalue weighted by atomic mass is 9.89. The van der Waals surface area contributed by atoms with Crippen molar-refractivity contribution in [2.45, 2.75) is 34.6 Å². The second kappa shape index (κ2) is 5.31. The summed E-state index contributed by atoms with van der Waals surface area (Å²) >= 11 is 0. The van der Waals surface area contributed by atoms with Gasteiger partial charge in [-0.05, 0) is 62.4 Å². The average molecular weight is 288 g/mol. The summed E-state index contributed by atoms with van der Waals surface area (Å²) in [4.78, 5) is 37.0. The third kappa shape index (κ3) is 2.55. The molecule has 3 amide bonds. The van der Waals surface area contributed by atoms with E-state index in [1.807, 2.05) is 34.6 Å². The molecular formula is C16H20N2O3. The smallest absolute Gasteiger partial charge is 0.255 e. The fourth-order valence-electron chi connectivity index (χ4n) is 2.76. The zero-order valence-corrected chi connectivity index (χ0v) is 13.1. The number of carbonyl (C=O) groups is 3. The molecule has 21 heavy (non-hydrogen) atoms. The molecular weight excluding hydrogens is 268 g/mol. The van der Waals surface area contributed by atoms with E-state index in [2.05, 4.69) is 5.32 Å². The van der Waals surface area contributed by atoms with Gasteiger partial charge in [-0.25, -0.2) is 0 Å². The largest absolute Gasteiger partial charge is 0.320 e. The van der Waals surface area contributed by atoms with Gasteiger partial charge in [0.2, 0.25) is 11.8 Å². The van der Waals surface area contributed by atoms with E-state index >= 15 is 0 Å². The van der Waals surface area contributed by atoms with E-state index in [0.29, 0.717) is 5.56 Å². The van der Waals surface area contributed by atoms with E-state index in [4.69, 9.17) is 0 Å². The van der Waals surface area contributed by atoms with E-state index in [-0.39, 0.29) is 19.0 Å². The third-order valence-electron chi connectivity index (χ3n) is 4.45. The Morgan fingerprint density at radius 1 is 0.810 bits per heavy atom. The van der Waals surface area contributed by atoms with Crippen molar-refractivity contribution in [3.8, 4) is 0 Å². The Kier molecular flexibility index (Phi) is 3.85. The number of hydrogen-bond donors (Lipinski definition) is 1. The highest BCUT2D eigenvalue weighted by Crippen LogP contribution is 2.27. The monoisotopic (exact) mass is 288 g/mol. The van der Waals surface area contributed by atoms with Gasteiger partial charge in [-0.2, -0.15) is 0 Å². The number of amides is 3. The zero-order chi connectivity index (χ0) is 15.9. The number of nitrogens with one attached hydrogen (secondary N) is 1. The highest BCUT2D eigenvalue weighted by atomic mass is 16.2. The number of piperazine rings is 1. The molecule has 1 heterocycles. The molecule has 1 N–H and O–H groups in total. The van der Waals surface area contributed by atoms with Crippen molar-refractivity contribution < 1.29 is 14.4 Å². The fraction of sp³-hybridized carbons (Fsp3) is 0.438. The van der Waals surface area contributed by atoms with Crippen LogP contribution >= 0.6 is 0 Å². The van der Waals surface area contributed by atoms with Crippen LogP contribution in [-0.4, -0.2) is 35.7 Å². The molecule has 5 nitrogen and oxygen atoms in total. The molecule has 0 aromatic heterocycles. The van der Waals surface area contributed by atoms with Crippen LogP contribution in [0.1, 0.15) is 38.2 Å². The summed E-state index contributed by atoms with van der Waals surface area (Å²) in [7, 11) is 0. The molecule has 2 rings (SSSR count). The zero-order valence-electron chi connectivity index (χ0n) is 13.1. The normalized spacial score (nSPS) is 15.2. The molecule has 1 aliphatic rings. The van der Waals surface area contributed by atoms with E-state index < -0.39 is 11.8 Å². The summed E-state index contributed by atoms with van der Waals surface area (Å²) in [5.74, 6) is -1.12. The first kappa shape index (κ1) is 15.2. The highest BCUT2D eigenvalue weighted by molar-refractivity contribution is 6.06. The predicted octanol–water partition coefficient (Wildman–Crippen LogP) is 1.33. The molecule has 0 radical (unpaired) electrons. The van der Waals surface area contributed by atoms with Gasteiger partial charge in [-0.3, -0.25) is 19.7 Å². The maximum atomic E-state index is 12.7. The van der Waals surface area contributed by atoms with Crippen molar-refractivity contribution in [1.29, 1.82) is 0 Å². The average Bonchev–Trinajstić information content (AvgIpc) is 2.42. The van der Waals surface area contributed by atoms with Gasteiger partial charge in [0, 0.05) is 5.56 Å². The van der Waals surface area contributed by atoms with Crippen molar-refractivity contribution >= 4 is 17.7 Å². The number of benzene rings is 1. The number of nitrogens with zero attached hydrogens (tertiary/aromatic N) is 1. The van der Waals surface area contributed by atoms with Crippen LogP contribution in [0.3, 0.4) is 0 Å². The minimum Gasteiger partial charge on any atom is -0.320 e. The van der Waals surface area contributed by atoms with Crippen molar-refractivity contribution in [3.63, 3.8) is 0 Å². The first-order valence-corrected chi connectivity index (χ1v) is 6.93. The Morgan fingerprint density at radius 3 is 1.62 bits per heavy atom. The predicted molar refractivity (Wildman–Crippen MR) is 79.2 cm³/mol. The minimum atomic E-state index is -0.435. The number of carbonyl (C=O) groups excluding carboxylic acids is 3. The molecule has 1 fully saturated rings. The third-order valence-corrected chi connectivity index (χ3v) is 4.45. The van der Waals surface area contributed by atoms with Crippen LogP contribution in [0.2, 0.25) is 0 Å². The summed E-state index contributed by atoms with van der Waals surface area (Å²) < 4.78 is 0. The molecule has 0 atom stereocenters. The van der Waals surface area contributed by atoms with E-state index in [0.717, 1.165) is 22.3 Å². The first-order valence-electron chi connectivity index (χ1n) is 6.93. The number of imide groups is 1. The van der Waals surface area contributed by atoms with Gasteiger partial charge in [0.05, 0.1) is 0 Å². The lowest BCUT2D eigenvalue weighted by Crippen LogP contribution is -2.53. The molecule has 0 saturated carbocycles. The van der Waals surface area contributed by atoms with E-state index in [1.165, 1.54) is 10.5 Å². The molecule has 0 aliphatic carbocycles. The second-order valence-electron chi connectivity index (χ2n) is 5.63. The Balaban J connectivity index is 2.49. The van der Waals surface area contributed by atoms with Crippen LogP contribution in [0, 0.1) is 34.6 Å². The maximum absolute atomic E-state index is 12.7. The topological polar surface area (TPSA) is 66.5 Å². The van der Waals surface area contributed by atoms with E-state index in [1.54, 1.807) is 0 Å². The van der Waals surface area contributed by atoms with Crippen LogP contribution in [0.4, 0.5) is 0 Å². The lowest BCUT2D eigenvalue weighted by molar-refractivity contribution is -0.135. The molecule has 5 heteroatoms. The summed E-state index contributed by atoms with van der Waals surface area (Å²) in [5, 5.41) is 2.20. The standard InChI is InChI=1S/C16H20N2O3/c1-8-9(2)11(4)15(12(5)10(8)3)16(21)18-6-13(19)17-14(20)7-18/h6-7H2,1-5H3,(H,17,19,20). The molecule has 0 unspecified atom stereocenters. The fourth-order valence-corrected chi connectivity index (χ4v) is 2.76. The van der Waals surface area contributed by atoms with Crippen molar-refractivity contribution in [3.05, 3.63) is 33.4 Å². The Hall–Kier alpha value is -2.17. The van der Waals surface area contributed by atoms with Crippen LogP contribution in [0.5, 0.6) is 0 Å². The molecule has 1 aromatic carbocycles. The quantitative estimate of drug-likeness (QED) is 0.793. The molecule has 1 saturated heterocycles. The summed E-state index contributed by atoms with van der Waals surface area (Å²) in [6, 6.07) is 0. The number of rotatable bonds is 1.